The van der Waals surface area contributed by atoms with E-state index in [2.05, 4.69) is 15.3 Å². The lowest BCUT2D eigenvalue weighted by Gasteiger charge is -2.17. The van der Waals surface area contributed by atoms with Gasteiger partial charge in [0, 0.05) is 14.1 Å². The van der Waals surface area contributed by atoms with Crippen molar-refractivity contribution in [2.24, 2.45) is 0 Å². The highest BCUT2D eigenvalue weighted by Gasteiger charge is 2.12. The van der Waals surface area contributed by atoms with Crippen LogP contribution in [0.15, 0.2) is 54.7 Å². The fourth-order valence-electron chi connectivity index (χ4n) is 2.22. The molecule has 1 N–H and O–H groups in total. The fraction of sp³-hybridized carbons (Fsp3) is 0.118. The zero-order valence-corrected chi connectivity index (χ0v) is 12.4. The van der Waals surface area contributed by atoms with Crippen LogP contribution < -0.4 is 10.2 Å². The van der Waals surface area contributed by atoms with E-state index in [1.165, 1.54) is 6.20 Å². The molecule has 110 valence electrons. The molecule has 1 aromatic heterocycles. The van der Waals surface area contributed by atoms with Gasteiger partial charge in [0.05, 0.1) is 28.6 Å². The topological polar surface area (TPSA) is 58.1 Å². The van der Waals surface area contributed by atoms with Gasteiger partial charge >= 0.3 is 0 Å². The molecule has 0 aliphatic rings. The average molecular weight is 292 g/mol. The summed E-state index contributed by atoms with van der Waals surface area (Å²) in [6.07, 6.45) is 1.50. The summed E-state index contributed by atoms with van der Waals surface area (Å²) in [6.45, 7) is 0. The summed E-state index contributed by atoms with van der Waals surface area (Å²) in [5.74, 6) is -0.271. The number of hydrogen-bond acceptors (Lipinski definition) is 4. The van der Waals surface area contributed by atoms with Crippen LogP contribution in [0.3, 0.4) is 0 Å². The van der Waals surface area contributed by atoms with Gasteiger partial charge < -0.3 is 10.2 Å². The molecule has 0 radical (unpaired) electrons. The minimum atomic E-state index is -0.271. The van der Waals surface area contributed by atoms with Crippen molar-refractivity contribution in [2.45, 2.75) is 0 Å². The van der Waals surface area contributed by atoms with Gasteiger partial charge in [0.2, 0.25) is 0 Å². The number of anilines is 2. The van der Waals surface area contributed by atoms with E-state index in [1.807, 2.05) is 67.5 Å². The van der Waals surface area contributed by atoms with Crippen LogP contribution in [-0.2, 0) is 0 Å². The molecule has 0 bridgehead atoms. The predicted molar refractivity (Wildman–Crippen MR) is 88.3 cm³/mol. The van der Waals surface area contributed by atoms with E-state index >= 15 is 0 Å². The lowest BCUT2D eigenvalue weighted by Crippen LogP contribution is -2.17. The van der Waals surface area contributed by atoms with Crippen LogP contribution in [0.2, 0.25) is 0 Å². The summed E-state index contributed by atoms with van der Waals surface area (Å²) in [4.78, 5) is 23.0. The van der Waals surface area contributed by atoms with Crippen molar-refractivity contribution in [3.63, 3.8) is 0 Å². The Hall–Kier alpha value is -2.95. The second-order valence-corrected chi connectivity index (χ2v) is 5.11. The largest absolute Gasteiger partial charge is 0.376 e. The monoisotopic (exact) mass is 292 g/mol. The zero-order chi connectivity index (χ0) is 15.5. The van der Waals surface area contributed by atoms with Gasteiger partial charge in [0.15, 0.2) is 0 Å². The van der Waals surface area contributed by atoms with Crippen LogP contribution in [0.4, 0.5) is 11.4 Å². The zero-order valence-electron chi connectivity index (χ0n) is 12.4. The highest BCUT2D eigenvalue weighted by Crippen LogP contribution is 2.23. The summed E-state index contributed by atoms with van der Waals surface area (Å²) in [5, 5.41) is 2.89. The maximum atomic E-state index is 12.4. The van der Waals surface area contributed by atoms with E-state index in [9.17, 15) is 4.79 Å². The van der Waals surface area contributed by atoms with Crippen molar-refractivity contribution in [3.8, 4) is 0 Å². The van der Waals surface area contributed by atoms with Gasteiger partial charge in [-0.2, -0.15) is 0 Å². The van der Waals surface area contributed by atoms with E-state index in [0.29, 0.717) is 11.2 Å². The second kappa shape index (κ2) is 5.81. The predicted octanol–water partition coefficient (Wildman–Crippen LogP) is 2.95. The Morgan fingerprint density at radius 2 is 1.68 bits per heavy atom. The molecule has 0 saturated heterocycles. The maximum absolute atomic E-state index is 12.4. The fourth-order valence-corrected chi connectivity index (χ4v) is 2.22. The Morgan fingerprint density at radius 3 is 2.45 bits per heavy atom. The van der Waals surface area contributed by atoms with Crippen molar-refractivity contribution in [1.82, 2.24) is 9.97 Å². The van der Waals surface area contributed by atoms with Crippen molar-refractivity contribution >= 4 is 28.3 Å². The molecule has 22 heavy (non-hydrogen) atoms. The minimum Gasteiger partial charge on any atom is -0.376 e. The molecule has 0 fully saturated rings. The van der Waals surface area contributed by atoms with Crippen molar-refractivity contribution in [2.75, 3.05) is 24.3 Å². The SMILES string of the molecule is CN(C)c1ccccc1NC(=O)c1cnc2ccccc2n1. The number of rotatable bonds is 3. The first-order valence-corrected chi connectivity index (χ1v) is 6.94. The minimum absolute atomic E-state index is 0.271. The van der Waals surface area contributed by atoms with E-state index in [-0.39, 0.29) is 5.91 Å². The van der Waals surface area contributed by atoms with Crippen molar-refractivity contribution in [3.05, 3.63) is 60.4 Å². The van der Waals surface area contributed by atoms with Crippen molar-refractivity contribution in [1.29, 1.82) is 0 Å². The molecule has 2 aromatic carbocycles. The lowest BCUT2D eigenvalue weighted by molar-refractivity contribution is 0.102. The number of nitrogens with one attached hydrogen (secondary N) is 1. The third-order valence-corrected chi connectivity index (χ3v) is 3.32. The van der Waals surface area contributed by atoms with Crippen LogP contribution in [0.1, 0.15) is 10.5 Å². The Labute approximate surface area is 128 Å². The quantitative estimate of drug-likeness (QED) is 0.806. The highest BCUT2D eigenvalue weighted by molar-refractivity contribution is 6.05. The van der Waals surface area contributed by atoms with Gasteiger partial charge in [0.25, 0.3) is 5.91 Å². The van der Waals surface area contributed by atoms with Crippen LogP contribution in [-0.4, -0.2) is 30.0 Å². The number of carbonyl (C=O) groups excluding carboxylic acids is 1. The molecule has 5 nitrogen and oxygen atoms in total. The molecule has 0 aliphatic carbocycles. The number of nitrogens with zero attached hydrogens (tertiary/aromatic N) is 3. The summed E-state index contributed by atoms with van der Waals surface area (Å²) in [7, 11) is 3.86. The Morgan fingerprint density at radius 1 is 1.00 bits per heavy atom. The van der Waals surface area contributed by atoms with E-state index in [1.54, 1.807) is 0 Å². The number of carbonyl (C=O) groups is 1. The van der Waals surface area contributed by atoms with Gasteiger partial charge in [-0.05, 0) is 24.3 Å². The smallest absolute Gasteiger partial charge is 0.275 e. The molecule has 0 aliphatic heterocycles. The molecular formula is C17H16N4O. The first-order chi connectivity index (χ1) is 10.6. The molecule has 0 saturated carbocycles. The first kappa shape index (κ1) is 14.0. The molecule has 0 unspecified atom stereocenters. The normalized spacial score (nSPS) is 10.5. The number of benzene rings is 2. The molecule has 3 rings (SSSR count). The summed E-state index contributed by atoms with van der Waals surface area (Å²) < 4.78 is 0. The van der Waals surface area contributed by atoms with Gasteiger partial charge in [-0.3, -0.25) is 9.78 Å². The van der Waals surface area contributed by atoms with Gasteiger partial charge in [-0.15, -0.1) is 0 Å². The molecule has 0 atom stereocenters. The molecule has 1 heterocycles. The standard InChI is InChI=1S/C17H16N4O/c1-21(2)16-10-6-5-9-14(16)20-17(22)15-11-18-12-7-3-4-8-13(12)19-15/h3-11H,1-2H3,(H,20,22). The maximum Gasteiger partial charge on any atom is 0.275 e. The van der Waals surface area contributed by atoms with Crippen LogP contribution in [0, 0.1) is 0 Å². The average Bonchev–Trinajstić information content (AvgIpc) is 2.54. The van der Waals surface area contributed by atoms with E-state index in [0.717, 1.165) is 16.9 Å². The van der Waals surface area contributed by atoms with E-state index < -0.39 is 0 Å². The summed E-state index contributed by atoms with van der Waals surface area (Å²) in [5.41, 5.74) is 3.45. The van der Waals surface area contributed by atoms with Crippen LogP contribution >= 0.6 is 0 Å². The summed E-state index contributed by atoms with van der Waals surface area (Å²) in [6, 6.07) is 15.1. The summed E-state index contributed by atoms with van der Waals surface area (Å²) >= 11 is 0. The van der Waals surface area contributed by atoms with Gasteiger partial charge in [-0.1, -0.05) is 24.3 Å². The van der Waals surface area contributed by atoms with Crippen LogP contribution in [0.5, 0.6) is 0 Å². The molecule has 1 amide bonds. The number of para-hydroxylation sites is 4. The molecule has 5 heteroatoms. The van der Waals surface area contributed by atoms with E-state index in [4.69, 9.17) is 0 Å². The third kappa shape index (κ3) is 2.74. The molecule has 0 spiro atoms. The number of fused-ring (bicyclic) bond motifs is 1. The lowest BCUT2D eigenvalue weighted by atomic mass is 10.2. The van der Waals surface area contributed by atoms with Crippen molar-refractivity contribution < 1.29 is 4.79 Å². The van der Waals surface area contributed by atoms with Gasteiger partial charge in [-0.25, -0.2) is 4.98 Å². The number of aromatic nitrogens is 2. The second-order valence-electron chi connectivity index (χ2n) is 5.11. The first-order valence-electron chi connectivity index (χ1n) is 6.94. The molecular weight excluding hydrogens is 276 g/mol. The molecule has 3 aromatic rings. The Balaban J connectivity index is 1.90. The number of amides is 1. The highest BCUT2D eigenvalue weighted by atomic mass is 16.1. The number of hydrogen-bond donors (Lipinski definition) is 1. The van der Waals surface area contributed by atoms with Crippen LogP contribution in [0.25, 0.3) is 11.0 Å². The van der Waals surface area contributed by atoms with Gasteiger partial charge in [0.1, 0.15) is 5.69 Å². The third-order valence-electron chi connectivity index (χ3n) is 3.32. The Bertz CT molecular complexity index is 830. The Kier molecular flexibility index (Phi) is 3.70.